The van der Waals surface area contributed by atoms with Crippen molar-refractivity contribution in [3.8, 4) is 6.07 Å². The van der Waals surface area contributed by atoms with Gasteiger partial charge >= 0.3 is 0 Å². The number of hydrogen-bond acceptors (Lipinski definition) is 7. The zero-order chi connectivity index (χ0) is 17.9. The lowest BCUT2D eigenvalue weighted by Gasteiger charge is -2.06. The number of aliphatic hydroxyl groups excluding tert-OH is 1. The van der Waals surface area contributed by atoms with Gasteiger partial charge in [0.15, 0.2) is 0 Å². The van der Waals surface area contributed by atoms with Crippen LogP contribution in [0.4, 0.5) is 11.4 Å². The van der Waals surface area contributed by atoms with Crippen molar-refractivity contribution in [3.05, 3.63) is 45.1 Å². The number of rotatable bonds is 9. The molecule has 0 spiro atoms. The molecule has 0 aliphatic heterocycles. The number of nitrogens with zero attached hydrogens (tertiary/aromatic N) is 2. The van der Waals surface area contributed by atoms with Gasteiger partial charge in [0.05, 0.1) is 24.7 Å². The number of hydrogen-bond donors (Lipinski definition) is 3. The maximum Gasteiger partial charge on any atom is 0.289 e. The molecular formula is C14H15ClN4O5. The van der Waals surface area contributed by atoms with E-state index < -0.39 is 10.8 Å². The molecule has 3 N–H and O–H groups in total. The summed E-state index contributed by atoms with van der Waals surface area (Å²) in [5, 5.41) is 33.4. The predicted molar refractivity (Wildman–Crippen MR) is 86.3 cm³/mol. The first-order valence-electron chi connectivity index (χ1n) is 6.77. The van der Waals surface area contributed by atoms with Crippen molar-refractivity contribution >= 4 is 28.9 Å². The van der Waals surface area contributed by atoms with E-state index in [0.717, 1.165) is 6.07 Å². The van der Waals surface area contributed by atoms with Crippen molar-refractivity contribution in [2.24, 2.45) is 0 Å². The van der Waals surface area contributed by atoms with Gasteiger partial charge in [-0.2, -0.15) is 5.26 Å². The van der Waals surface area contributed by atoms with Crippen LogP contribution in [0.5, 0.6) is 0 Å². The first-order chi connectivity index (χ1) is 11.5. The number of nitrogens with one attached hydrogen (secondary N) is 2. The SMILES string of the molecule is N#C/C(=C/NCCOCCO)C(=O)Nc1ccc(Cl)c([N+](=O)[O-])c1. The minimum absolute atomic E-state index is 0.0569. The zero-order valence-corrected chi connectivity index (χ0v) is 13.2. The quantitative estimate of drug-likeness (QED) is 0.199. The second-order valence-electron chi connectivity index (χ2n) is 4.34. The van der Waals surface area contributed by atoms with Crippen LogP contribution in [0.2, 0.25) is 5.02 Å². The third-order valence-corrected chi connectivity index (χ3v) is 2.96. The molecule has 24 heavy (non-hydrogen) atoms. The Kier molecular flexibility index (Phi) is 8.21. The Morgan fingerprint density at radius 2 is 2.25 bits per heavy atom. The summed E-state index contributed by atoms with van der Waals surface area (Å²) in [7, 11) is 0. The summed E-state index contributed by atoms with van der Waals surface area (Å²) >= 11 is 5.68. The number of nitriles is 1. The molecular weight excluding hydrogens is 340 g/mol. The molecule has 1 aromatic carbocycles. The van der Waals surface area contributed by atoms with Crippen LogP contribution in [-0.2, 0) is 9.53 Å². The molecule has 0 atom stereocenters. The number of benzene rings is 1. The molecule has 9 nitrogen and oxygen atoms in total. The van der Waals surface area contributed by atoms with Crippen molar-refractivity contribution in [2.45, 2.75) is 0 Å². The number of ether oxygens (including phenoxy) is 1. The highest BCUT2D eigenvalue weighted by atomic mass is 35.5. The standard InChI is InChI=1S/C14H15ClN4O5/c15-12-2-1-11(7-13(12)19(22)23)18-14(21)10(8-16)9-17-3-5-24-6-4-20/h1-2,7,9,17,20H,3-6H2,(H,18,21)/b10-9-. The third-order valence-electron chi connectivity index (χ3n) is 2.64. The molecule has 0 unspecified atom stereocenters. The highest BCUT2D eigenvalue weighted by Gasteiger charge is 2.15. The number of carbonyl (C=O) groups excluding carboxylic acids is 1. The van der Waals surface area contributed by atoms with E-state index in [4.69, 9.17) is 26.7 Å². The number of halogens is 1. The van der Waals surface area contributed by atoms with Crippen LogP contribution in [0.15, 0.2) is 30.0 Å². The summed E-state index contributed by atoms with van der Waals surface area (Å²) in [6, 6.07) is 5.49. The molecule has 1 aromatic rings. The van der Waals surface area contributed by atoms with Crippen molar-refractivity contribution in [3.63, 3.8) is 0 Å². The molecule has 0 aliphatic carbocycles. The average Bonchev–Trinajstić information content (AvgIpc) is 2.55. The molecule has 1 rings (SSSR count). The number of anilines is 1. The topological polar surface area (TPSA) is 138 Å². The summed E-state index contributed by atoms with van der Waals surface area (Å²) in [4.78, 5) is 22.1. The van der Waals surface area contributed by atoms with Crippen LogP contribution in [0.3, 0.4) is 0 Å². The van der Waals surface area contributed by atoms with Gasteiger partial charge in [-0.25, -0.2) is 0 Å². The first-order valence-corrected chi connectivity index (χ1v) is 7.15. The Morgan fingerprint density at radius 1 is 1.50 bits per heavy atom. The maximum absolute atomic E-state index is 12.0. The van der Waals surface area contributed by atoms with E-state index in [9.17, 15) is 14.9 Å². The van der Waals surface area contributed by atoms with Crippen molar-refractivity contribution in [2.75, 3.05) is 31.7 Å². The highest BCUT2D eigenvalue weighted by Crippen LogP contribution is 2.27. The third kappa shape index (κ3) is 6.21. The molecule has 0 saturated heterocycles. The molecule has 0 aliphatic rings. The van der Waals surface area contributed by atoms with E-state index in [2.05, 4.69) is 10.6 Å². The van der Waals surface area contributed by atoms with Crippen LogP contribution in [0, 0.1) is 21.4 Å². The lowest BCUT2D eigenvalue weighted by Crippen LogP contribution is -2.19. The number of nitro benzene ring substituents is 1. The van der Waals surface area contributed by atoms with E-state index in [1.165, 1.54) is 18.3 Å². The minimum atomic E-state index is -0.724. The Hall–Kier alpha value is -2.67. The Morgan fingerprint density at radius 3 is 2.88 bits per heavy atom. The Labute approximate surface area is 142 Å². The number of amides is 1. The van der Waals surface area contributed by atoms with Gasteiger partial charge in [-0.1, -0.05) is 11.6 Å². The summed E-state index contributed by atoms with van der Waals surface area (Å²) in [6.45, 7) is 0.743. The van der Waals surface area contributed by atoms with E-state index in [1.54, 1.807) is 6.07 Å². The molecule has 0 fully saturated rings. The molecule has 0 saturated carbocycles. The van der Waals surface area contributed by atoms with Crippen LogP contribution in [0.1, 0.15) is 0 Å². The lowest BCUT2D eigenvalue weighted by molar-refractivity contribution is -0.384. The second-order valence-corrected chi connectivity index (χ2v) is 4.74. The van der Waals surface area contributed by atoms with Crippen LogP contribution in [-0.4, -0.2) is 42.3 Å². The molecule has 0 bridgehead atoms. The highest BCUT2D eigenvalue weighted by molar-refractivity contribution is 6.32. The van der Waals surface area contributed by atoms with Gasteiger partial charge in [0, 0.05) is 24.5 Å². The maximum atomic E-state index is 12.0. The monoisotopic (exact) mass is 354 g/mol. The molecule has 128 valence electrons. The van der Waals surface area contributed by atoms with E-state index in [0.29, 0.717) is 13.2 Å². The Bertz CT molecular complexity index is 672. The van der Waals surface area contributed by atoms with Crippen LogP contribution >= 0.6 is 11.6 Å². The zero-order valence-electron chi connectivity index (χ0n) is 12.5. The van der Waals surface area contributed by atoms with Crippen molar-refractivity contribution in [1.82, 2.24) is 5.32 Å². The van der Waals surface area contributed by atoms with Gasteiger partial charge in [-0.05, 0) is 12.1 Å². The molecule has 10 heteroatoms. The molecule has 0 radical (unpaired) electrons. The van der Waals surface area contributed by atoms with Gasteiger partial charge in [-0.15, -0.1) is 0 Å². The summed E-state index contributed by atoms with van der Waals surface area (Å²) in [6.07, 6.45) is 1.21. The van der Waals surface area contributed by atoms with Crippen LogP contribution < -0.4 is 10.6 Å². The number of carbonyl (C=O) groups is 1. The van der Waals surface area contributed by atoms with Crippen LogP contribution in [0.25, 0.3) is 0 Å². The molecule has 0 aromatic heterocycles. The van der Waals surface area contributed by atoms with E-state index >= 15 is 0 Å². The van der Waals surface area contributed by atoms with Crippen molar-refractivity contribution < 1.29 is 19.6 Å². The number of nitro groups is 1. The fraction of sp³-hybridized carbons (Fsp3) is 0.286. The largest absolute Gasteiger partial charge is 0.394 e. The average molecular weight is 355 g/mol. The van der Waals surface area contributed by atoms with Gasteiger partial charge in [-0.3, -0.25) is 14.9 Å². The van der Waals surface area contributed by atoms with Gasteiger partial charge in [0.2, 0.25) is 0 Å². The molecule has 0 heterocycles. The normalized spacial score (nSPS) is 10.8. The first kappa shape index (κ1) is 19.4. The summed E-state index contributed by atoms with van der Waals surface area (Å²) < 4.78 is 5.00. The summed E-state index contributed by atoms with van der Waals surface area (Å²) in [5.74, 6) is -0.724. The lowest BCUT2D eigenvalue weighted by atomic mass is 10.2. The van der Waals surface area contributed by atoms with Gasteiger partial charge in [0.25, 0.3) is 11.6 Å². The number of aliphatic hydroxyl groups is 1. The predicted octanol–water partition coefficient (Wildman–Crippen LogP) is 1.19. The second kappa shape index (κ2) is 10.2. The smallest absolute Gasteiger partial charge is 0.289 e. The van der Waals surface area contributed by atoms with Crippen molar-refractivity contribution in [1.29, 1.82) is 5.26 Å². The Balaban J connectivity index is 2.66. The van der Waals surface area contributed by atoms with Gasteiger partial charge < -0.3 is 20.5 Å². The fourth-order valence-corrected chi connectivity index (χ4v) is 1.74. The van der Waals surface area contributed by atoms with Gasteiger partial charge in [0.1, 0.15) is 16.7 Å². The van der Waals surface area contributed by atoms with E-state index in [-0.39, 0.29) is 35.2 Å². The minimum Gasteiger partial charge on any atom is -0.394 e. The summed E-state index contributed by atoms with van der Waals surface area (Å²) in [5.41, 5.74) is -0.422. The fourth-order valence-electron chi connectivity index (χ4n) is 1.55. The van der Waals surface area contributed by atoms with E-state index in [1.807, 2.05) is 0 Å². The molecule has 1 amide bonds.